The fourth-order valence-electron chi connectivity index (χ4n) is 0.908. The number of nitrogens with one attached hydrogen (secondary N) is 1. The Hall–Kier alpha value is -1.57. The molecule has 0 unspecified atom stereocenters. The van der Waals surface area contributed by atoms with Crippen LogP contribution in [-0.2, 0) is 19.4 Å². The topological polar surface area (TPSA) is 110 Å². The largest absolute Gasteiger partial charge is 0.480 e. The molecule has 17 heavy (non-hydrogen) atoms. The predicted octanol–water partition coefficient (Wildman–Crippen LogP) is -0.213. The highest BCUT2D eigenvalue weighted by molar-refractivity contribution is 7.90. The Balaban J connectivity index is 4.30. The molecule has 1 amide bonds. The van der Waals surface area contributed by atoms with Gasteiger partial charge in [-0.15, -0.1) is 0 Å². The first kappa shape index (κ1) is 15.4. The third-order valence-electron chi connectivity index (χ3n) is 1.70. The molecule has 7 nitrogen and oxygen atoms in total. The number of aliphatic carboxylic acids is 1. The molecule has 1 atom stereocenters. The van der Waals surface area contributed by atoms with Gasteiger partial charge in [0.15, 0.2) is 0 Å². The van der Waals surface area contributed by atoms with Crippen LogP contribution in [0.25, 0.3) is 0 Å². The lowest BCUT2D eigenvalue weighted by Gasteiger charge is -2.13. The number of alkyl carbamates (subject to hydrolysis) is 1. The number of carbonyl (C=O) groups is 2. The number of ether oxygens (including phenoxy) is 1. The molecule has 0 fully saturated rings. The number of carboxylic acid groups (broad SMARTS) is 1. The fourth-order valence-corrected chi connectivity index (χ4v) is 1.57. The Bertz CT molecular complexity index is 388. The van der Waals surface area contributed by atoms with E-state index in [-0.39, 0.29) is 18.8 Å². The SMILES string of the molecule is C=CCOC(=O)N[C@H](CCS(C)(=O)=O)C(=O)O. The van der Waals surface area contributed by atoms with Crippen LogP contribution in [0.2, 0.25) is 0 Å². The number of carboxylic acids is 1. The van der Waals surface area contributed by atoms with E-state index in [1.165, 1.54) is 6.08 Å². The molecule has 8 heteroatoms. The van der Waals surface area contributed by atoms with Crippen molar-refractivity contribution >= 4 is 21.9 Å². The average Bonchev–Trinajstić information content (AvgIpc) is 2.19. The summed E-state index contributed by atoms with van der Waals surface area (Å²) in [5.74, 6) is -1.64. The zero-order chi connectivity index (χ0) is 13.5. The van der Waals surface area contributed by atoms with Gasteiger partial charge in [-0.05, 0) is 6.42 Å². The molecule has 0 rings (SSSR count). The maximum absolute atomic E-state index is 11.0. The minimum atomic E-state index is -3.28. The predicted molar refractivity (Wildman–Crippen MR) is 60.4 cm³/mol. The van der Waals surface area contributed by atoms with Crippen molar-refractivity contribution in [1.29, 1.82) is 0 Å². The molecule has 0 radical (unpaired) electrons. The monoisotopic (exact) mass is 265 g/mol. The molecule has 0 aromatic carbocycles. The van der Waals surface area contributed by atoms with Gasteiger partial charge in [-0.2, -0.15) is 0 Å². The van der Waals surface area contributed by atoms with Gasteiger partial charge in [-0.1, -0.05) is 12.7 Å². The normalized spacial score (nSPS) is 12.5. The highest BCUT2D eigenvalue weighted by Gasteiger charge is 2.22. The minimum absolute atomic E-state index is 0.0513. The quantitative estimate of drug-likeness (QED) is 0.616. The second-order valence-corrected chi connectivity index (χ2v) is 5.60. The van der Waals surface area contributed by atoms with Crippen molar-refractivity contribution in [2.45, 2.75) is 12.5 Å². The van der Waals surface area contributed by atoms with Crippen molar-refractivity contribution in [3.8, 4) is 0 Å². The highest BCUT2D eigenvalue weighted by atomic mass is 32.2. The van der Waals surface area contributed by atoms with Gasteiger partial charge in [0.05, 0.1) is 5.75 Å². The molecule has 0 saturated carbocycles. The minimum Gasteiger partial charge on any atom is -0.480 e. The van der Waals surface area contributed by atoms with Gasteiger partial charge in [-0.25, -0.2) is 18.0 Å². The van der Waals surface area contributed by atoms with E-state index in [2.05, 4.69) is 16.6 Å². The third-order valence-corrected chi connectivity index (χ3v) is 2.68. The first-order valence-corrected chi connectivity index (χ1v) is 6.77. The zero-order valence-electron chi connectivity index (χ0n) is 9.38. The van der Waals surface area contributed by atoms with E-state index in [9.17, 15) is 18.0 Å². The standard InChI is InChI=1S/C9H15NO6S/c1-3-5-16-9(13)10-7(8(11)12)4-6-17(2,14)15/h3,7H,1,4-6H2,2H3,(H,10,13)(H,11,12)/t7-/m1/s1. The second-order valence-electron chi connectivity index (χ2n) is 3.34. The van der Waals surface area contributed by atoms with E-state index in [4.69, 9.17) is 5.11 Å². The average molecular weight is 265 g/mol. The van der Waals surface area contributed by atoms with Crippen molar-refractivity contribution in [2.24, 2.45) is 0 Å². The molecule has 0 heterocycles. The van der Waals surface area contributed by atoms with Crippen LogP contribution in [0, 0.1) is 0 Å². The summed E-state index contributed by atoms with van der Waals surface area (Å²) >= 11 is 0. The van der Waals surface area contributed by atoms with Crippen molar-refractivity contribution in [3.05, 3.63) is 12.7 Å². The van der Waals surface area contributed by atoms with Crippen LogP contribution in [0.3, 0.4) is 0 Å². The summed E-state index contributed by atoms with van der Waals surface area (Å²) in [6, 6.07) is -1.29. The van der Waals surface area contributed by atoms with Gasteiger partial charge < -0.3 is 15.2 Å². The lowest BCUT2D eigenvalue weighted by atomic mass is 10.2. The van der Waals surface area contributed by atoms with E-state index < -0.39 is 27.9 Å². The first-order valence-electron chi connectivity index (χ1n) is 4.71. The van der Waals surface area contributed by atoms with Crippen LogP contribution < -0.4 is 5.32 Å². The molecule has 0 bridgehead atoms. The van der Waals surface area contributed by atoms with E-state index in [1.807, 2.05) is 0 Å². The number of amides is 1. The first-order chi connectivity index (χ1) is 7.76. The summed E-state index contributed by atoms with van der Waals surface area (Å²) in [5, 5.41) is 10.8. The third kappa shape index (κ3) is 8.26. The summed E-state index contributed by atoms with van der Waals surface area (Å²) in [6.07, 6.45) is 1.18. The van der Waals surface area contributed by atoms with Gasteiger partial charge in [-0.3, -0.25) is 0 Å². The van der Waals surface area contributed by atoms with Crippen LogP contribution in [0.5, 0.6) is 0 Å². The molecule has 0 aliphatic rings. The Morgan fingerprint density at radius 2 is 2.12 bits per heavy atom. The number of sulfone groups is 1. The summed E-state index contributed by atoms with van der Waals surface area (Å²) in [7, 11) is -3.28. The molecular formula is C9H15NO6S. The van der Waals surface area contributed by atoms with Gasteiger partial charge >= 0.3 is 12.1 Å². The van der Waals surface area contributed by atoms with Crippen molar-refractivity contribution in [3.63, 3.8) is 0 Å². The molecule has 0 aromatic heterocycles. The highest BCUT2D eigenvalue weighted by Crippen LogP contribution is 1.98. The van der Waals surface area contributed by atoms with Crippen LogP contribution in [0.1, 0.15) is 6.42 Å². The summed E-state index contributed by atoms with van der Waals surface area (Å²) in [6.45, 7) is 3.26. The Kier molecular flexibility index (Phi) is 6.26. The van der Waals surface area contributed by atoms with Crippen molar-refractivity contribution in [1.82, 2.24) is 5.32 Å². The Morgan fingerprint density at radius 1 is 1.53 bits per heavy atom. The van der Waals surface area contributed by atoms with Gasteiger partial charge in [0.2, 0.25) is 0 Å². The summed E-state index contributed by atoms with van der Waals surface area (Å²) in [4.78, 5) is 21.8. The molecule has 2 N–H and O–H groups in total. The fraction of sp³-hybridized carbons (Fsp3) is 0.556. The van der Waals surface area contributed by atoms with Crippen LogP contribution in [-0.4, -0.2) is 50.2 Å². The van der Waals surface area contributed by atoms with E-state index in [1.54, 1.807) is 0 Å². The number of carbonyl (C=O) groups excluding carboxylic acids is 1. The summed E-state index contributed by atoms with van der Waals surface area (Å²) in [5.41, 5.74) is 0. The molecule has 98 valence electrons. The molecule has 0 aliphatic heterocycles. The van der Waals surface area contributed by atoms with Crippen LogP contribution in [0.15, 0.2) is 12.7 Å². The Morgan fingerprint density at radius 3 is 2.53 bits per heavy atom. The van der Waals surface area contributed by atoms with Crippen LogP contribution in [0.4, 0.5) is 4.79 Å². The number of hydrogen-bond donors (Lipinski definition) is 2. The van der Waals surface area contributed by atoms with Gasteiger partial charge in [0.1, 0.15) is 22.5 Å². The molecule has 0 aromatic rings. The van der Waals surface area contributed by atoms with Crippen LogP contribution >= 0.6 is 0 Å². The maximum Gasteiger partial charge on any atom is 0.408 e. The van der Waals surface area contributed by atoms with Crippen molar-refractivity contribution < 1.29 is 27.9 Å². The molecule has 0 aliphatic carbocycles. The second kappa shape index (κ2) is 6.89. The van der Waals surface area contributed by atoms with Gasteiger partial charge in [0, 0.05) is 6.26 Å². The van der Waals surface area contributed by atoms with E-state index >= 15 is 0 Å². The number of hydrogen-bond acceptors (Lipinski definition) is 5. The summed E-state index contributed by atoms with van der Waals surface area (Å²) < 4.78 is 26.3. The zero-order valence-corrected chi connectivity index (χ0v) is 10.2. The van der Waals surface area contributed by atoms with E-state index in [0.717, 1.165) is 6.26 Å². The number of rotatable bonds is 7. The lowest BCUT2D eigenvalue weighted by Crippen LogP contribution is -2.42. The van der Waals surface area contributed by atoms with Gasteiger partial charge in [0.25, 0.3) is 0 Å². The molecule has 0 spiro atoms. The molecule has 0 saturated heterocycles. The lowest BCUT2D eigenvalue weighted by molar-refractivity contribution is -0.139. The van der Waals surface area contributed by atoms with Crippen molar-refractivity contribution in [2.75, 3.05) is 18.6 Å². The van der Waals surface area contributed by atoms with E-state index in [0.29, 0.717) is 0 Å². The molecular weight excluding hydrogens is 250 g/mol. The smallest absolute Gasteiger partial charge is 0.408 e. The Labute approximate surface area is 99.4 Å². The maximum atomic E-state index is 11.0.